The smallest absolute Gasteiger partial charge is 0.344 e. The molecule has 0 saturated carbocycles. The molecule has 0 unspecified atom stereocenters. The Bertz CT molecular complexity index is 970. The summed E-state index contributed by atoms with van der Waals surface area (Å²) in [4.78, 5) is 16.5. The van der Waals surface area contributed by atoms with Crippen LogP contribution in [0.15, 0.2) is 47.8 Å². The van der Waals surface area contributed by atoms with Crippen molar-refractivity contribution in [3.05, 3.63) is 53.5 Å². The highest BCUT2D eigenvalue weighted by Crippen LogP contribution is 2.33. The highest BCUT2D eigenvalue weighted by Gasteiger charge is 2.12. The van der Waals surface area contributed by atoms with Gasteiger partial charge in [0.2, 0.25) is 0 Å². The van der Waals surface area contributed by atoms with Crippen molar-refractivity contribution in [2.24, 2.45) is 0 Å². The minimum Gasteiger partial charge on any atom is -0.497 e. The van der Waals surface area contributed by atoms with Crippen molar-refractivity contribution in [3.63, 3.8) is 0 Å². The van der Waals surface area contributed by atoms with Crippen LogP contribution >= 0.6 is 11.3 Å². The van der Waals surface area contributed by atoms with Crippen molar-refractivity contribution < 1.29 is 28.5 Å². The van der Waals surface area contributed by atoms with E-state index in [2.05, 4.69) is 4.98 Å². The van der Waals surface area contributed by atoms with Crippen molar-refractivity contribution in [1.29, 1.82) is 0 Å². The molecule has 0 fully saturated rings. The minimum atomic E-state index is -0.469. The van der Waals surface area contributed by atoms with Gasteiger partial charge in [-0.1, -0.05) is 0 Å². The van der Waals surface area contributed by atoms with Gasteiger partial charge in [-0.2, -0.15) is 0 Å². The van der Waals surface area contributed by atoms with Gasteiger partial charge in [0.25, 0.3) is 0 Å². The molecule has 2 aromatic carbocycles. The number of aromatic nitrogens is 1. The Labute approximate surface area is 179 Å². The number of carbonyl (C=O) groups excluding carboxylic acids is 1. The number of esters is 1. The third-order valence-corrected chi connectivity index (χ3v) is 5.00. The topological polar surface area (TPSA) is 76.1 Å². The molecule has 0 N–H and O–H groups in total. The second-order valence-electron chi connectivity index (χ2n) is 6.07. The first-order valence-electron chi connectivity index (χ1n) is 9.31. The van der Waals surface area contributed by atoms with Crippen molar-refractivity contribution in [2.75, 3.05) is 27.4 Å². The Morgan fingerprint density at radius 1 is 0.967 bits per heavy atom. The Kier molecular flexibility index (Phi) is 7.51. The molecule has 0 bridgehead atoms. The van der Waals surface area contributed by atoms with Gasteiger partial charge in [0.15, 0.2) is 18.1 Å². The van der Waals surface area contributed by atoms with Gasteiger partial charge >= 0.3 is 5.97 Å². The standard InChI is InChI=1S/C22H23NO6S/c1-4-27-19-10-5-15(11-20(19)26-3)22-23-16(14-30-22)12-29-21(24)13-28-18-8-6-17(25-2)7-9-18/h5-11,14H,4,12-13H2,1-3H3. The lowest BCUT2D eigenvalue weighted by Gasteiger charge is -2.10. The van der Waals surface area contributed by atoms with E-state index < -0.39 is 5.97 Å². The number of methoxy groups -OCH3 is 2. The SMILES string of the molecule is CCOc1ccc(-c2nc(COC(=O)COc3ccc(OC)cc3)cs2)cc1OC. The van der Waals surface area contributed by atoms with Crippen LogP contribution in [-0.2, 0) is 16.1 Å². The van der Waals surface area contributed by atoms with Crippen LogP contribution in [0, 0.1) is 0 Å². The Balaban J connectivity index is 1.53. The van der Waals surface area contributed by atoms with Crippen LogP contribution in [0.1, 0.15) is 12.6 Å². The Morgan fingerprint density at radius 3 is 2.43 bits per heavy atom. The highest BCUT2D eigenvalue weighted by molar-refractivity contribution is 7.13. The first-order valence-corrected chi connectivity index (χ1v) is 10.2. The van der Waals surface area contributed by atoms with Crippen LogP contribution in [0.5, 0.6) is 23.0 Å². The van der Waals surface area contributed by atoms with E-state index in [0.29, 0.717) is 29.5 Å². The number of nitrogens with zero attached hydrogens (tertiary/aromatic N) is 1. The second-order valence-corrected chi connectivity index (χ2v) is 6.93. The van der Waals surface area contributed by atoms with E-state index in [0.717, 1.165) is 16.3 Å². The molecule has 0 saturated heterocycles. The number of hydrogen-bond acceptors (Lipinski definition) is 8. The molecule has 8 heteroatoms. The molecule has 3 rings (SSSR count). The normalized spacial score (nSPS) is 10.4. The van der Waals surface area contributed by atoms with E-state index in [9.17, 15) is 4.79 Å². The predicted octanol–water partition coefficient (Wildman–Crippen LogP) is 4.35. The van der Waals surface area contributed by atoms with Crippen LogP contribution < -0.4 is 18.9 Å². The maximum absolute atomic E-state index is 11.9. The molecule has 1 aromatic heterocycles. The molecule has 0 atom stereocenters. The number of thiazole rings is 1. The zero-order chi connectivity index (χ0) is 21.3. The van der Waals surface area contributed by atoms with Gasteiger partial charge in [0, 0.05) is 10.9 Å². The monoisotopic (exact) mass is 429 g/mol. The maximum atomic E-state index is 11.9. The summed E-state index contributed by atoms with van der Waals surface area (Å²) in [5.74, 6) is 2.14. The molecule has 0 aliphatic heterocycles. The number of carbonyl (C=O) groups is 1. The summed E-state index contributed by atoms with van der Waals surface area (Å²) in [7, 11) is 3.19. The van der Waals surface area contributed by atoms with Gasteiger partial charge in [-0.05, 0) is 49.4 Å². The zero-order valence-corrected chi connectivity index (χ0v) is 17.9. The van der Waals surface area contributed by atoms with Crippen molar-refractivity contribution in [1.82, 2.24) is 4.98 Å². The van der Waals surface area contributed by atoms with E-state index in [1.54, 1.807) is 38.5 Å². The number of ether oxygens (including phenoxy) is 5. The molecule has 7 nitrogen and oxygen atoms in total. The van der Waals surface area contributed by atoms with Gasteiger partial charge in [-0.25, -0.2) is 9.78 Å². The molecular formula is C22H23NO6S. The highest BCUT2D eigenvalue weighted by atomic mass is 32.1. The Morgan fingerprint density at radius 2 is 1.73 bits per heavy atom. The first-order chi connectivity index (χ1) is 14.6. The van der Waals surface area contributed by atoms with Gasteiger partial charge in [0.05, 0.1) is 26.5 Å². The van der Waals surface area contributed by atoms with E-state index >= 15 is 0 Å². The lowest BCUT2D eigenvalue weighted by atomic mass is 10.2. The lowest BCUT2D eigenvalue weighted by molar-refractivity contribution is -0.147. The fourth-order valence-electron chi connectivity index (χ4n) is 2.59. The fraction of sp³-hybridized carbons (Fsp3) is 0.273. The first kappa shape index (κ1) is 21.4. The van der Waals surface area contributed by atoms with Crippen LogP contribution in [0.2, 0.25) is 0 Å². The molecule has 0 aliphatic rings. The van der Waals surface area contributed by atoms with Crippen molar-refractivity contribution >= 4 is 17.3 Å². The van der Waals surface area contributed by atoms with Gasteiger partial charge in [-0.15, -0.1) is 11.3 Å². The number of benzene rings is 2. The van der Waals surface area contributed by atoms with Crippen LogP contribution in [0.3, 0.4) is 0 Å². The molecule has 0 aliphatic carbocycles. The van der Waals surface area contributed by atoms with Gasteiger partial charge in [-0.3, -0.25) is 0 Å². The van der Waals surface area contributed by atoms with E-state index in [4.69, 9.17) is 23.7 Å². The zero-order valence-electron chi connectivity index (χ0n) is 17.0. The third-order valence-electron chi connectivity index (χ3n) is 4.06. The maximum Gasteiger partial charge on any atom is 0.344 e. The summed E-state index contributed by atoms with van der Waals surface area (Å²) in [5, 5.41) is 2.66. The second kappa shape index (κ2) is 10.5. The van der Waals surface area contributed by atoms with Crippen LogP contribution in [0.4, 0.5) is 0 Å². The van der Waals surface area contributed by atoms with E-state index in [-0.39, 0.29) is 13.2 Å². The Hall–Kier alpha value is -3.26. The number of hydrogen-bond donors (Lipinski definition) is 0. The number of rotatable bonds is 10. The molecular weight excluding hydrogens is 406 g/mol. The molecule has 30 heavy (non-hydrogen) atoms. The summed E-state index contributed by atoms with van der Waals surface area (Å²) in [6.07, 6.45) is 0. The van der Waals surface area contributed by atoms with Crippen LogP contribution in [0.25, 0.3) is 10.6 Å². The summed E-state index contributed by atoms with van der Waals surface area (Å²) in [6.45, 7) is 2.38. The van der Waals surface area contributed by atoms with Crippen LogP contribution in [-0.4, -0.2) is 38.4 Å². The largest absolute Gasteiger partial charge is 0.497 e. The molecule has 158 valence electrons. The summed E-state index contributed by atoms with van der Waals surface area (Å²) < 4.78 is 26.7. The summed E-state index contributed by atoms with van der Waals surface area (Å²) in [5.41, 5.74) is 1.57. The van der Waals surface area contributed by atoms with E-state index in [1.165, 1.54) is 11.3 Å². The average molecular weight is 429 g/mol. The predicted molar refractivity (Wildman–Crippen MR) is 114 cm³/mol. The molecule has 1 heterocycles. The molecule has 0 radical (unpaired) electrons. The fourth-order valence-corrected chi connectivity index (χ4v) is 3.39. The minimum absolute atomic E-state index is 0.0788. The van der Waals surface area contributed by atoms with Crippen molar-refractivity contribution in [2.45, 2.75) is 13.5 Å². The summed E-state index contributed by atoms with van der Waals surface area (Å²) in [6, 6.07) is 12.6. The van der Waals surface area contributed by atoms with Crippen molar-refractivity contribution in [3.8, 4) is 33.6 Å². The molecule has 0 amide bonds. The van der Waals surface area contributed by atoms with E-state index in [1.807, 2.05) is 30.5 Å². The third kappa shape index (κ3) is 5.64. The van der Waals surface area contributed by atoms with Gasteiger partial charge in [0.1, 0.15) is 23.1 Å². The average Bonchev–Trinajstić information content (AvgIpc) is 3.26. The quantitative estimate of drug-likeness (QED) is 0.444. The van der Waals surface area contributed by atoms with Gasteiger partial charge < -0.3 is 23.7 Å². The molecule has 0 spiro atoms. The lowest BCUT2D eigenvalue weighted by Crippen LogP contribution is -2.14. The summed E-state index contributed by atoms with van der Waals surface area (Å²) >= 11 is 1.46. The molecule has 3 aromatic rings.